The fourth-order valence-electron chi connectivity index (χ4n) is 1.08. The predicted octanol–water partition coefficient (Wildman–Crippen LogP) is 0.815. The maximum absolute atomic E-state index is 11.3. The van der Waals surface area contributed by atoms with Crippen molar-refractivity contribution in [2.24, 2.45) is 0 Å². The van der Waals surface area contributed by atoms with Crippen LogP contribution in [-0.2, 0) is 11.3 Å². The highest BCUT2D eigenvalue weighted by atomic mass is 35.5. The lowest BCUT2D eigenvalue weighted by atomic mass is 10.5. The van der Waals surface area contributed by atoms with Gasteiger partial charge in [-0.2, -0.15) is 0 Å². The van der Waals surface area contributed by atoms with Crippen LogP contribution in [0.15, 0.2) is 12.4 Å². The average Bonchev–Trinajstić information content (AvgIpc) is 2.79. The first kappa shape index (κ1) is 8.56. The molecule has 0 aliphatic heterocycles. The molecule has 13 heavy (non-hydrogen) atoms. The van der Waals surface area contributed by atoms with E-state index in [-0.39, 0.29) is 12.5 Å². The third-order valence-electron chi connectivity index (χ3n) is 1.92. The van der Waals surface area contributed by atoms with Crippen LogP contribution in [0.25, 0.3) is 0 Å². The van der Waals surface area contributed by atoms with Crippen LogP contribution in [0.2, 0.25) is 5.28 Å². The molecule has 1 saturated carbocycles. The van der Waals surface area contributed by atoms with Gasteiger partial charge in [-0.05, 0) is 24.4 Å². The van der Waals surface area contributed by atoms with Gasteiger partial charge in [0.15, 0.2) is 0 Å². The Morgan fingerprint density at radius 2 is 2.54 bits per heavy atom. The van der Waals surface area contributed by atoms with E-state index in [4.69, 9.17) is 11.6 Å². The third kappa shape index (κ3) is 2.21. The highest BCUT2D eigenvalue weighted by Gasteiger charge is 2.23. The summed E-state index contributed by atoms with van der Waals surface area (Å²) in [5, 5.41) is 3.23. The molecule has 1 aliphatic carbocycles. The Bertz CT molecular complexity index is 319. The molecule has 4 nitrogen and oxygen atoms in total. The van der Waals surface area contributed by atoms with Crippen molar-refractivity contribution in [3.8, 4) is 0 Å². The van der Waals surface area contributed by atoms with E-state index in [0.717, 1.165) is 12.8 Å². The number of amides is 1. The number of aromatic nitrogens is 2. The van der Waals surface area contributed by atoms with Gasteiger partial charge in [-0.3, -0.25) is 4.79 Å². The lowest BCUT2D eigenvalue weighted by molar-refractivity contribution is -0.121. The largest absolute Gasteiger partial charge is 0.352 e. The normalized spacial score (nSPS) is 15.8. The summed E-state index contributed by atoms with van der Waals surface area (Å²) in [4.78, 5) is 15.1. The minimum atomic E-state index is 0.00222. The summed E-state index contributed by atoms with van der Waals surface area (Å²) in [6, 6.07) is 0.398. The Labute approximate surface area is 80.9 Å². The molecule has 1 aromatic rings. The quantitative estimate of drug-likeness (QED) is 0.784. The Hall–Kier alpha value is -1.03. The van der Waals surface area contributed by atoms with Gasteiger partial charge in [0.2, 0.25) is 11.2 Å². The number of hydrogen-bond acceptors (Lipinski definition) is 2. The molecule has 0 saturated heterocycles. The van der Waals surface area contributed by atoms with Gasteiger partial charge in [0.25, 0.3) is 0 Å². The second-order valence-corrected chi connectivity index (χ2v) is 3.50. The van der Waals surface area contributed by atoms with Crippen molar-refractivity contribution in [3.05, 3.63) is 17.7 Å². The van der Waals surface area contributed by atoms with Gasteiger partial charge in [-0.25, -0.2) is 4.98 Å². The predicted molar refractivity (Wildman–Crippen MR) is 48.4 cm³/mol. The van der Waals surface area contributed by atoms with Crippen LogP contribution in [0, 0.1) is 0 Å². The van der Waals surface area contributed by atoms with Gasteiger partial charge in [-0.15, -0.1) is 0 Å². The van der Waals surface area contributed by atoms with Crippen LogP contribution in [0.3, 0.4) is 0 Å². The first-order valence-electron chi connectivity index (χ1n) is 4.22. The summed E-state index contributed by atoms with van der Waals surface area (Å²) in [6.45, 7) is 0.259. The van der Waals surface area contributed by atoms with Crippen molar-refractivity contribution in [2.75, 3.05) is 0 Å². The van der Waals surface area contributed by atoms with Crippen LogP contribution >= 0.6 is 11.6 Å². The van der Waals surface area contributed by atoms with E-state index in [1.807, 2.05) is 0 Å². The lowest BCUT2D eigenvalue weighted by Crippen LogP contribution is -2.29. The summed E-state index contributed by atoms with van der Waals surface area (Å²) in [5.74, 6) is 0.00222. The molecule has 0 atom stereocenters. The summed E-state index contributed by atoms with van der Waals surface area (Å²) in [5.41, 5.74) is 0. The van der Waals surface area contributed by atoms with E-state index in [2.05, 4.69) is 10.3 Å². The monoisotopic (exact) mass is 199 g/mol. The summed E-state index contributed by atoms with van der Waals surface area (Å²) < 4.78 is 1.61. The van der Waals surface area contributed by atoms with E-state index in [9.17, 15) is 4.79 Å². The first-order valence-corrected chi connectivity index (χ1v) is 4.59. The number of nitrogens with one attached hydrogen (secondary N) is 1. The standard InChI is InChI=1S/C8H10ClN3O/c9-8-10-3-4-12(8)5-7(13)11-6-1-2-6/h3-4,6H,1-2,5H2,(H,11,13). The molecule has 1 aliphatic rings. The molecule has 2 rings (SSSR count). The molecule has 1 N–H and O–H groups in total. The number of rotatable bonds is 3. The molecule has 1 fully saturated rings. The molecular formula is C8H10ClN3O. The maximum atomic E-state index is 11.3. The molecule has 70 valence electrons. The van der Waals surface area contributed by atoms with Crippen LogP contribution in [0.1, 0.15) is 12.8 Å². The van der Waals surface area contributed by atoms with Gasteiger partial charge in [0, 0.05) is 18.4 Å². The minimum Gasteiger partial charge on any atom is -0.352 e. The zero-order chi connectivity index (χ0) is 9.26. The van der Waals surface area contributed by atoms with Crippen LogP contribution < -0.4 is 5.32 Å². The van der Waals surface area contributed by atoms with Gasteiger partial charge >= 0.3 is 0 Å². The van der Waals surface area contributed by atoms with Gasteiger partial charge in [0.1, 0.15) is 6.54 Å². The number of carbonyl (C=O) groups is 1. The molecule has 0 bridgehead atoms. The van der Waals surface area contributed by atoms with Crippen molar-refractivity contribution < 1.29 is 4.79 Å². The highest BCUT2D eigenvalue weighted by Crippen LogP contribution is 2.18. The molecule has 0 spiro atoms. The van der Waals surface area contributed by atoms with E-state index in [0.29, 0.717) is 11.3 Å². The molecule has 1 amide bonds. The summed E-state index contributed by atoms with van der Waals surface area (Å²) in [6.07, 6.45) is 5.47. The van der Waals surface area contributed by atoms with E-state index in [1.54, 1.807) is 17.0 Å². The summed E-state index contributed by atoms with van der Waals surface area (Å²) >= 11 is 5.71. The fourth-order valence-corrected chi connectivity index (χ4v) is 1.26. The topological polar surface area (TPSA) is 46.9 Å². The van der Waals surface area contributed by atoms with Crippen molar-refractivity contribution in [2.45, 2.75) is 25.4 Å². The Morgan fingerprint density at radius 1 is 1.77 bits per heavy atom. The average molecular weight is 200 g/mol. The Balaban J connectivity index is 1.89. The maximum Gasteiger partial charge on any atom is 0.240 e. The van der Waals surface area contributed by atoms with Crippen molar-refractivity contribution in [3.63, 3.8) is 0 Å². The second-order valence-electron chi connectivity index (χ2n) is 3.17. The molecule has 0 aromatic carbocycles. The summed E-state index contributed by atoms with van der Waals surface area (Å²) in [7, 11) is 0. The minimum absolute atomic E-state index is 0.00222. The van der Waals surface area contributed by atoms with Crippen molar-refractivity contribution in [1.82, 2.24) is 14.9 Å². The fraction of sp³-hybridized carbons (Fsp3) is 0.500. The van der Waals surface area contributed by atoms with Gasteiger partial charge in [0.05, 0.1) is 0 Å². The molecule has 1 heterocycles. The molecule has 0 unspecified atom stereocenters. The zero-order valence-electron chi connectivity index (χ0n) is 7.03. The number of imidazole rings is 1. The Kier molecular flexibility index (Phi) is 2.22. The number of nitrogens with zero attached hydrogens (tertiary/aromatic N) is 2. The van der Waals surface area contributed by atoms with E-state index < -0.39 is 0 Å². The van der Waals surface area contributed by atoms with E-state index in [1.165, 1.54) is 0 Å². The number of hydrogen-bond donors (Lipinski definition) is 1. The number of halogens is 1. The van der Waals surface area contributed by atoms with Crippen LogP contribution in [0.4, 0.5) is 0 Å². The van der Waals surface area contributed by atoms with Crippen molar-refractivity contribution >= 4 is 17.5 Å². The van der Waals surface area contributed by atoms with Gasteiger partial charge < -0.3 is 9.88 Å². The van der Waals surface area contributed by atoms with Gasteiger partial charge in [-0.1, -0.05) is 0 Å². The van der Waals surface area contributed by atoms with Crippen LogP contribution in [-0.4, -0.2) is 21.5 Å². The molecule has 1 aromatic heterocycles. The zero-order valence-corrected chi connectivity index (χ0v) is 7.79. The van der Waals surface area contributed by atoms with E-state index >= 15 is 0 Å². The third-order valence-corrected chi connectivity index (χ3v) is 2.24. The highest BCUT2D eigenvalue weighted by molar-refractivity contribution is 6.28. The SMILES string of the molecule is O=C(Cn1ccnc1Cl)NC1CC1. The Morgan fingerprint density at radius 3 is 3.08 bits per heavy atom. The molecule has 0 radical (unpaired) electrons. The lowest BCUT2D eigenvalue weighted by Gasteiger charge is -2.04. The van der Waals surface area contributed by atoms with Crippen molar-refractivity contribution in [1.29, 1.82) is 0 Å². The van der Waals surface area contributed by atoms with Crippen LogP contribution in [0.5, 0.6) is 0 Å². The molecular weight excluding hydrogens is 190 g/mol. The molecule has 5 heteroatoms. The number of carbonyl (C=O) groups excluding carboxylic acids is 1. The second kappa shape index (κ2) is 3.38. The first-order chi connectivity index (χ1) is 6.25. The smallest absolute Gasteiger partial charge is 0.240 e.